The summed E-state index contributed by atoms with van der Waals surface area (Å²) in [5, 5.41) is 35.7. The molecule has 0 heterocycles. The first-order valence-electron chi connectivity index (χ1n) is 5.38. The molecule has 9 nitrogen and oxygen atoms in total. The van der Waals surface area contributed by atoms with Crippen LogP contribution < -0.4 is 0 Å². The Morgan fingerprint density at radius 2 is 1.45 bits per heavy atom. The molecule has 0 aromatic carbocycles. The maximum atomic E-state index is 11.3. The number of carbonyl (C=O) groups excluding carboxylic acids is 1. The second-order valence-electron chi connectivity index (χ2n) is 3.84. The van der Waals surface area contributed by atoms with Gasteiger partial charge in [-0.15, -0.1) is 0 Å². The summed E-state index contributed by atoms with van der Waals surface area (Å²) in [7, 11) is 0. The molecule has 0 rings (SSSR count). The second-order valence-corrected chi connectivity index (χ2v) is 3.84. The number of carboxylic acids is 3. The van der Waals surface area contributed by atoms with Crippen LogP contribution in [0.5, 0.6) is 0 Å². The molecule has 0 aliphatic heterocycles. The molecule has 0 aromatic rings. The van der Waals surface area contributed by atoms with Crippen molar-refractivity contribution < 1.29 is 44.3 Å². The Morgan fingerprint density at radius 3 is 1.70 bits per heavy atom. The van der Waals surface area contributed by atoms with E-state index in [1.54, 1.807) is 0 Å². The number of aliphatic hydroxyl groups excluding tert-OH is 1. The molecule has 4 N–H and O–H groups in total. The third kappa shape index (κ3) is 3.25. The number of aliphatic hydroxyl groups is 1. The van der Waals surface area contributed by atoms with E-state index < -0.39 is 41.2 Å². The molecule has 0 fully saturated rings. The molecule has 0 saturated heterocycles. The molecular formula is C11H14O9. The van der Waals surface area contributed by atoms with Crippen LogP contribution in [0.4, 0.5) is 0 Å². The van der Waals surface area contributed by atoms with Crippen LogP contribution in [-0.4, -0.2) is 50.4 Å². The van der Waals surface area contributed by atoms with Crippen molar-refractivity contribution in [1.29, 1.82) is 0 Å². The lowest BCUT2D eigenvalue weighted by Crippen LogP contribution is -2.56. The number of carbonyl (C=O) groups is 4. The minimum absolute atomic E-state index is 0.366. The molecule has 0 amide bonds. The number of allylic oxidation sites excluding steroid dienone is 1. The van der Waals surface area contributed by atoms with Crippen molar-refractivity contribution in [2.24, 2.45) is 5.41 Å². The van der Waals surface area contributed by atoms with Gasteiger partial charge in [-0.2, -0.15) is 0 Å². The summed E-state index contributed by atoms with van der Waals surface area (Å²) in [5.41, 5.74) is -3.32. The average Bonchev–Trinajstić information content (AvgIpc) is 2.25. The number of esters is 1. The van der Waals surface area contributed by atoms with Crippen LogP contribution in [0.15, 0.2) is 11.8 Å². The van der Waals surface area contributed by atoms with Crippen molar-refractivity contribution in [2.45, 2.75) is 26.4 Å². The van der Waals surface area contributed by atoms with Crippen molar-refractivity contribution in [2.75, 3.05) is 0 Å². The highest BCUT2D eigenvalue weighted by molar-refractivity contribution is 6.17. The molecule has 112 valence electrons. The smallest absolute Gasteiger partial charge is 0.336 e. The average molecular weight is 290 g/mol. The van der Waals surface area contributed by atoms with E-state index in [0.717, 1.165) is 6.92 Å². The molecule has 0 spiro atoms. The lowest BCUT2D eigenvalue weighted by Gasteiger charge is -2.28. The molecule has 0 aliphatic carbocycles. The summed E-state index contributed by atoms with van der Waals surface area (Å²) >= 11 is 0. The predicted octanol–water partition coefficient (Wildman–Crippen LogP) is 0.0102. The summed E-state index contributed by atoms with van der Waals surface area (Å²) in [5.74, 6) is -8.20. The van der Waals surface area contributed by atoms with Crippen LogP contribution >= 0.6 is 0 Å². The predicted molar refractivity (Wildman–Crippen MR) is 61.9 cm³/mol. The first-order chi connectivity index (χ1) is 9.10. The minimum Gasteiger partial charge on any atom is -0.512 e. The number of rotatable bonds is 7. The van der Waals surface area contributed by atoms with Gasteiger partial charge < -0.3 is 25.2 Å². The van der Waals surface area contributed by atoms with E-state index in [9.17, 15) is 19.2 Å². The molecular weight excluding hydrogens is 276 g/mol. The van der Waals surface area contributed by atoms with E-state index in [-0.39, 0.29) is 6.42 Å². The maximum absolute atomic E-state index is 11.3. The molecule has 20 heavy (non-hydrogen) atoms. The Kier molecular flexibility index (Phi) is 5.70. The van der Waals surface area contributed by atoms with Crippen molar-refractivity contribution in [3.8, 4) is 0 Å². The Hall–Kier alpha value is -2.58. The first kappa shape index (κ1) is 17.4. The van der Waals surface area contributed by atoms with Gasteiger partial charge in [0.1, 0.15) is 6.10 Å². The number of hydrogen-bond donors (Lipinski definition) is 4. The third-order valence-corrected chi connectivity index (χ3v) is 2.45. The number of carboxylic acid groups (broad SMARTS) is 3. The molecule has 1 unspecified atom stereocenters. The van der Waals surface area contributed by atoms with Gasteiger partial charge in [0.15, 0.2) is 0 Å². The quantitative estimate of drug-likeness (QED) is 0.219. The highest BCUT2D eigenvalue weighted by atomic mass is 16.6. The van der Waals surface area contributed by atoms with E-state index in [4.69, 9.17) is 20.4 Å². The topological polar surface area (TPSA) is 158 Å². The highest BCUT2D eigenvalue weighted by Crippen LogP contribution is 2.29. The van der Waals surface area contributed by atoms with Gasteiger partial charge in [-0.3, -0.25) is 14.4 Å². The van der Waals surface area contributed by atoms with E-state index in [0.29, 0.717) is 6.08 Å². The minimum atomic E-state index is -3.32. The fourth-order valence-corrected chi connectivity index (χ4v) is 1.51. The van der Waals surface area contributed by atoms with E-state index in [2.05, 4.69) is 4.74 Å². The van der Waals surface area contributed by atoms with Crippen LogP contribution in [0, 0.1) is 5.41 Å². The molecule has 0 radical (unpaired) electrons. The van der Waals surface area contributed by atoms with E-state index in [1.807, 2.05) is 0 Å². The van der Waals surface area contributed by atoms with Crippen molar-refractivity contribution in [1.82, 2.24) is 0 Å². The molecule has 1 atom stereocenters. The molecule has 9 heteroatoms. The number of ether oxygens (including phenoxy) is 1. The van der Waals surface area contributed by atoms with Crippen LogP contribution in [-0.2, 0) is 23.9 Å². The zero-order valence-electron chi connectivity index (χ0n) is 10.7. The summed E-state index contributed by atoms with van der Waals surface area (Å²) in [6, 6.07) is 0. The summed E-state index contributed by atoms with van der Waals surface area (Å²) in [4.78, 5) is 44.6. The van der Waals surface area contributed by atoms with Crippen molar-refractivity contribution in [3.05, 3.63) is 11.8 Å². The van der Waals surface area contributed by atoms with Crippen LogP contribution in [0.1, 0.15) is 20.3 Å². The van der Waals surface area contributed by atoms with Gasteiger partial charge in [0.2, 0.25) is 0 Å². The molecule has 0 saturated carbocycles. The largest absolute Gasteiger partial charge is 0.512 e. The zero-order valence-corrected chi connectivity index (χ0v) is 10.7. The Morgan fingerprint density at radius 1 is 1.05 bits per heavy atom. The number of aliphatic carboxylic acids is 3. The van der Waals surface area contributed by atoms with Gasteiger partial charge in [0.25, 0.3) is 5.41 Å². The Balaban J connectivity index is 5.70. The third-order valence-electron chi connectivity index (χ3n) is 2.45. The van der Waals surface area contributed by atoms with Crippen molar-refractivity contribution in [3.63, 3.8) is 0 Å². The lowest BCUT2D eigenvalue weighted by atomic mass is 9.80. The maximum Gasteiger partial charge on any atom is 0.336 e. The van der Waals surface area contributed by atoms with Crippen LogP contribution in [0.2, 0.25) is 0 Å². The number of hydrogen-bond acceptors (Lipinski definition) is 6. The second kappa shape index (κ2) is 6.55. The van der Waals surface area contributed by atoms with Gasteiger partial charge in [-0.1, -0.05) is 6.92 Å². The van der Waals surface area contributed by atoms with Gasteiger partial charge in [0, 0.05) is 0 Å². The fraction of sp³-hybridized carbons (Fsp3) is 0.455. The normalized spacial score (nSPS) is 13.4. The van der Waals surface area contributed by atoms with Crippen LogP contribution in [0.3, 0.4) is 0 Å². The van der Waals surface area contributed by atoms with Gasteiger partial charge in [-0.25, -0.2) is 4.79 Å². The lowest BCUT2D eigenvalue weighted by molar-refractivity contribution is -0.188. The van der Waals surface area contributed by atoms with Crippen molar-refractivity contribution >= 4 is 23.9 Å². The van der Waals surface area contributed by atoms with E-state index >= 15 is 0 Å². The molecule has 0 bridgehead atoms. The Labute approximate surface area is 113 Å². The van der Waals surface area contributed by atoms with Crippen LogP contribution in [0.25, 0.3) is 0 Å². The Bertz CT molecular complexity index is 422. The zero-order chi connectivity index (χ0) is 16.1. The monoisotopic (exact) mass is 290 g/mol. The molecule has 0 aromatic heterocycles. The summed E-state index contributed by atoms with van der Waals surface area (Å²) in [6.07, 6.45) is -1.74. The molecule has 0 aliphatic rings. The fourth-order valence-electron chi connectivity index (χ4n) is 1.51. The first-order valence-corrected chi connectivity index (χ1v) is 5.38. The van der Waals surface area contributed by atoms with Gasteiger partial charge in [-0.05, 0) is 13.3 Å². The van der Waals surface area contributed by atoms with E-state index in [1.165, 1.54) is 6.92 Å². The summed E-state index contributed by atoms with van der Waals surface area (Å²) < 4.78 is 4.54. The highest BCUT2D eigenvalue weighted by Gasteiger charge is 2.61. The standard InChI is InChI=1S/C11H14O9/c1-3-6(20-7(13)4-5(2)12)11(8(14)15,9(16)17)10(18)19/h4,6,12H,3H2,1-2H3,(H,14,15)(H,16,17)(H,18,19). The SMILES string of the molecule is CCC(OC(=O)C=C(C)O)C(C(=O)O)(C(=O)O)C(=O)O. The summed E-state index contributed by atoms with van der Waals surface area (Å²) in [6.45, 7) is 2.39. The van der Waals surface area contributed by atoms with Gasteiger partial charge >= 0.3 is 23.9 Å². The van der Waals surface area contributed by atoms with Gasteiger partial charge in [0.05, 0.1) is 11.8 Å².